The van der Waals surface area contributed by atoms with Crippen LogP contribution in [0.1, 0.15) is 82.0 Å². The van der Waals surface area contributed by atoms with Crippen molar-refractivity contribution in [2.24, 2.45) is 5.41 Å². The van der Waals surface area contributed by atoms with Gasteiger partial charge >= 0.3 is 5.97 Å². The number of alkyl halides is 1. The highest BCUT2D eigenvalue weighted by atomic mass is 32.2. The molecule has 37 heavy (non-hydrogen) atoms. The van der Waals surface area contributed by atoms with Crippen molar-refractivity contribution < 1.29 is 24.1 Å². The molecule has 4 rings (SSSR count). The number of aliphatic hydroxyl groups is 1. The lowest BCUT2D eigenvalue weighted by Crippen LogP contribution is -2.42. The van der Waals surface area contributed by atoms with Gasteiger partial charge in [0, 0.05) is 40.3 Å². The van der Waals surface area contributed by atoms with Crippen molar-refractivity contribution in [2.45, 2.75) is 82.7 Å². The van der Waals surface area contributed by atoms with Gasteiger partial charge in [0.2, 0.25) is 0 Å². The summed E-state index contributed by atoms with van der Waals surface area (Å²) in [6.07, 6.45) is 7.97. The van der Waals surface area contributed by atoms with Gasteiger partial charge in [0.1, 0.15) is 11.9 Å². The van der Waals surface area contributed by atoms with E-state index in [1.54, 1.807) is 12.3 Å². The third kappa shape index (κ3) is 7.36. The smallest absolute Gasteiger partial charge is 0.303 e. The van der Waals surface area contributed by atoms with Crippen LogP contribution in [-0.2, 0) is 11.4 Å². The molecular weight excluding hydrogens is 491 g/mol. The van der Waals surface area contributed by atoms with E-state index in [1.807, 2.05) is 19.1 Å². The second-order valence-corrected chi connectivity index (χ2v) is 12.1. The van der Waals surface area contributed by atoms with Crippen LogP contribution >= 0.6 is 11.8 Å². The van der Waals surface area contributed by atoms with Gasteiger partial charge in [-0.15, -0.1) is 0 Å². The van der Waals surface area contributed by atoms with Gasteiger partial charge in [-0.1, -0.05) is 12.8 Å². The van der Waals surface area contributed by atoms with Crippen LogP contribution in [0.25, 0.3) is 10.9 Å². The van der Waals surface area contributed by atoms with Crippen LogP contribution in [0.4, 0.5) is 4.39 Å². The minimum Gasteiger partial charge on any atom is -0.494 e. The molecule has 1 saturated heterocycles. The number of carboxylic acid groups (broad SMARTS) is 1. The molecule has 8 heteroatoms. The molecule has 2 aromatic rings. The normalized spacial score (nSPS) is 19.3. The molecule has 0 radical (unpaired) electrons. The first-order chi connectivity index (χ1) is 17.9. The number of likely N-dealkylation sites (tertiary alicyclic amines) is 1. The average Bonchev–Trinajstić information content (AvgIpc) is 3.41. The van der Waals surface area contributed by atoms with Gasteiger partial charge in [-0.2, -0.15) is 11.8 Å². The van der Waals surface area contributed by atoms with Crippen molar-refractivity contribution in [1.82, 2.24) is 9.88 Å². The van der Waals surface area contributed by atoms with E-state index in [0.717, 1.165) is 43.5 Å². The molecule has 1 aliphatic carbocycles. The number of aromatic nitrogens is 1. The van der Waals surface area contributed by atoms with Crippen LogP contribution in [0.15, 0.2) is 24.4 Å². The standard InChI is InChI=1S/C29H41FN2O4S/c1-2-36-22-7-8-26-24(17-22)28(21(20-33)19-31-26)25(30)9-10-29(18-27(34)35)11-13-32(14-12-29)15-16-37-23-5-3-4-6-23/h7-8,17,19,23,25,33H,2-6,9-16,18,20H2,1H3,(H,34,35). The number of piperidine rings is 1. The summed E-state index contributed by atoms with van der Waals surface area (Å²) in [6, 6.07) is 5.42. The lowest BCUT2D eigenvalue weighted by atomic mass is 9.71. The summed E-state index contributed by atoms with van der Waals surface area (Å²) in [4.78, 5) is 18.6. The number of pyridine rings is 1. The maximum absolute atomic E-state index is 15.9. The van der Waals surface area contributed by atoms with Gasteiger partial charge in [-0.3, -0.25) is 9.78 Å². The van der Waals surface area contributed by atoms with E-state index in [-0.39, 0.29) is 19.4 Å². The Hall–Kier alpha value is -1.90. The van der Waals surface area contributed by atoms with Gasteiger partial charge in [0.05, 0.1) is 25.2 Å². The number of hydrogen-bond donors (Lipinski definition) is 2. The summed E-state index contributed by atoms with van der Waals surface area (Å²) in [5.74, 6) is 0.958. The maximum atomic E-state index is 15.9. The Morgan fingerprint density at radius 2 is 2.05 bits per heavy atom. The minimum atomic E-state index is -1.32. The van der Waals surface area contributed by atoms with Crippen molar-refractivity contribution >= 4 is 28.6 Å². The van der Waals surface area contributed by atoms with E-state index in [9.17, 15) is 15.0 Å². The molecular formula is C29H41FN2O4S. The molecule has 6 nitrogen and oxygen atoms in total. The maximum Gasteiger partial charge on any atom is 0.303 e. The largest absolute Gasteiger partial charge is 0.494 e. The number of carboxylic acids is 1. The van der Waals surface area contributed by atoms with Gasteiger partial charge in [-0.05, 0) is 82.2 Å². The zero-order chi connectivity index (χ0) is 26.3. The summed E-state index contributed by atoms with van der Waals surface area (Å²) in [5, 5.41) is 21.1. The second-order valence-electron chi connectivity index (χ2n) is 10.7. The number of carbonyl (C=O) groups is 1. The number of benzene rings is 1. The van der Waals surface area contributed by atoms with E-state index in [0.29, 0.717) is 40.8 Å². The summed E-state index contributed by atoms with van der Waals surface area (Å²) >= 11 is 2.09. The van der Waals surface area contributed by atoms with E-state index in [4.69, 9.17) is 4.74 Å². The lowest BCUT2D eigenvalue weighted by Gasteiger charge is -2.41. The first kappa shape index (κ1) is 28.1. The number of thioether (sulfide) groups is 1. The summed E-state index contributed by atoms with van der Waals surface area (Å²) in [6.45, 7) is 4.88. The van der Waals surface area contributed by atoms with Gasteiger partial charge in [-0.25, -0.2) is 4.39 Å². The van der Waals surface area contributed by atoms with E-state index < -0.39 is 17.6 Å². The van der Waals surface area contributed by atoms with Crippen molar-refractivity contribution in [1.29, 1.82) is 0 Å². The highest BCUT2D eigenvalue weighted by Crippen LogP contribution is 2.43. The van der Waals surface area contributed by atoms with Crippen LogP contribution < -0.4 is 4.74 Å². The van der Waals surface area contributed by atoms with Crippen molar-refractivity contribution in [3.05, 3.63) is 35.5 Å². The third-order valence-corrected chi connectivity index (χ3v) is 9.55. The number of rotatable bonds is 13. The summed E-state index contributed by atoms with van der Waals surface area (Å²) < 4.78 is 21.6. The van der Waals surface area contributed by atoms with Crippen LogP contribution in [-0.4, -0.2) is 63.3 Å². The Morgan fingerprint density at radius 3 is 2.73 bits per heavy atom. The minimum absolute atomic E-state index is 0.0722. The Kier molecular flexibility index (Phi) is 10.1. The second kappa shape index (κ2) is 13.3. The lowest BCUT2D eigenvalue weighted by molar-refractivity contribution is -0.141. The zero-order valence-corrected chi connectivity index (χ0v) is 22.8. The molecule has 1 saturated carbocycles. The molecule has 1 aromatic heterocycles. The first-order valence-electron chi connectivity index (χ1n) is 13.8. The Balaban J connectivity index is 1.42. The topological polar surface area (TPSA) is 82.9 Å². The number of ether oxygens (including phenoxy) is 1. The molecule has 1 aliphatic heterocycles. The van der Waals surface area contributed by atoms with Crippen molar-refractivity contribution in [2.75, 3.05) is 32.0 Å². The highest BCUT2D eigenvalue weighted by molar-refractivity contribution is 7.99. The quantitative estimate of drug-likeness (QED) is 0.320. The molecule has 1 aromatic carbocycles. The molecule has 204 valence electrons. The molecule has 0 amide bonds. The Labute approximate surface area is 224 Å². The third-order valence-electron chi connectivity index (χ3n) is 8.19. The molecule has 2 heterocycles. The fourth-order valence-electron chi connectivity index (χ4n) is 6.05. The van der Waals surface area contributed by atoms with Crippen molar-refractivity contribution in [3.8, 4) is 5.75 Å². The predicted octanol–water partition coefficient (Wildman–Crippen LogP) is 6.15. The number of halogens is 1. The van der Waals surface area contributed by atoms with Gasteiger partial charge in [0.15, 0.2) is 0 Å². The molecule has 1 atom stereocenters. The average molecular weight is 533 g/mol. The van der Waals surface area contributed by atoms with E-state index in [2.05, 4.69) is 21.6 Å². The Morgan fingerprint density at radius 1 is 1.30 bits per heavy atom. The Bertz CT molecular complexity index is 1040. The number of fused-ring (bicyclic) bond motifs is 1. The fraction of sp³-hybridized carbons (Fsp3) is 0.655. The number of hydrogen-bond acceptors (Lipinski definition) is 6. The van der Waals surface area contributed by atoms with Crippen LogP contribution in [0.3, 0.4) is 0 Å². The monoisotopic (exact) mass is 532 g/mol. The van der Waals surface area contributed by atoms with E-state index in [1.165, 1.54) is 25.7 Å². The van der Waals surface area contributed by atoms with E-state index >= 15 is 4.39 Å². The highest BCUT2D eigenvalue weighted by Gasteiger charge is 2.37. The summed E-state index contributed by atoms with van der Waals surface area (Å²) in [5.41, 5.74) is 1.17. The molecule has 0 bridgehead atoms. The van der Waals surface area contributed by atoms with Crippen LogP contribution in [0.2, 0.25) is 0 Å². The number of nitrogens with zero attached hydrogens (tertiary/aromatic N) is 2. The van der Waals surface area contributed by atoms with Crippen LogP contribution in [0, 0.1) is 5.41 Å². The number of aliphatic hydroxyl groups excluding tert-OH is 1. The SMILES string of the molecule is CCOc1ccc2ncc(CO)c(C(F)CCC3(CC(=O)O)CCN(CCSC4CCCC4)CC3)c2c1. The fourth-order valence-corrected chi connectivity index (χ4v) is 7.42. The molecule has 0 spiro atoms. The molecule has 1 unspecified atom stereocenters. The predicted molar refractivity (Wildman–Crippen MR) is 147 cm³/mol. The molecule has 2 N–H and O–H groups in total. The molecule has 2 fully saturated rings. The first-order valence-corrected chi connectivity index (χ1v) is 14.8. The molecule has 2 aliphatic rings. The number of aliphatic carboxylic acids is 1. The summed E-state index contributed by atoms with van der Waals surface area (Å²) in [7, 11) is 0. The van der Waals surface area contributed by atoms with Crippen molar-refractivity contribution in [3.63, 3.8) is 0 Å². The zero-order valence-electron chi connectivity index (χ0n) is 22.0. The van der Waals surface area contributed by atoms with Gasteiger partial charge < -0.3 is 19.8 Å². The van der Waals surface area contributed by atoms with Gasteiger partial charge in [0.25, 0.3) is 0 Å². The van der Waals surface area contributed by atoms with Crippen LogP contribution in [0.5, 0.6) is 5.75 Å².